The Morgan fingerprint density at radius 1 is 1.09 bits per heavy atom. The van der Waals surface area contributed by atoms with Crippen molar-refractivity contribution >= 4 is 17.7 Å². The van der Waals surface area contributed by atoms with Gasteiger partial charge >= 0.3 is 5.97 Å². The molecule has 8 nitrogen and oxygen atoms in total. The third-order valence-corrected chi connectivity index (χ3v) is 6.32. The highest BCUT2D eigenvalue weighted by atomic mass is 16.7. The second kappa shape index (κ2) is 9.06. The zero-order chi connectivity index (χ0) is 22.8. The van der Waals surface area contributed by atoms with E-state index in [1.807, 2.05) is 0 Å². The van der Waals surface area contributed by atoms with E-state index in [1.54, 1.807) is 36.9 Å². The van der Waals surface area contributed by atoms with Crippen molar-refractivity contribution in [3.05, 3.63) is 46.3 Å². The summed E-state index contributed by atoms with van der Waals surface area (Å²) in [6.07, 6.45) is 4.91. The summed E-state index contributed by atoms with van der Waals surface area (Å²) >= 11 is 0. The first-order valence-corrected chi connectivity index (χ1v) is 10.9. The fourth-order valence-corrected chi connectivity index (χ4v) is 4.66. The summed E-state index contributed by atoms with van der Waals surface area (Å²) < 4.78 is 15.6. The first kappa shape index (κ1) is 21.9. The second-order valence-electron chi connectivity index (χ2n) is 8.33. The van der Waals surface area contributed by atoms with Crippen LogP contribution in [0.15, 0.2) is 18.2 Å². The number of nitrogens with one attached hydrogen (secondary N) is 1. The molecule has 1 aliphatic heterocycles. The van der Waals surface area contributed by atoms with Crippen LogP contribution in [0.25, 0.3) is 0 Å². The number of Topliss-reactive ketones (excluding diaryl/α,β-unsaturated/α-hetero) is 1. The fourth-order valence-electron chi connectivity index (χ4n) is 4.66. The molecule has 1 N–H and O–H groups in total. The Kier molecular flexibility index (Phi) is 6.21. The Labute approximate surface area is 186 Å². The van der Waals surface area contributed by atoms with Gasteiger partial charge in [-0.1, -0.05) is 19.3 Å². The number of H-pyrrole nitrogens is 1. The number of aryl methyl sites for hydroxylation is 1. The van der Waals surface area contributed by atoms with Crippen LogP contribution in [-0.2, 0) is 4.74 Å². The maximum Gasteiger partial charge on any atom is 0.354 e. The number of carbonyl (C=O) groups is 3. The van der Waals surface area contributed by atoms with Crippen molar-refractivity contribution in [2.24, 2.45) is 0 Å². The van der Waals surface area contributed by atoms with E-state index in [9.17, 15) is 14.4 Å². The van der Waals surface area contributed by atoms with Crippen LogP contribution in [0, 0.1) is 13.8 Å². The van der Waals surface area contributed by atoms with E-state index in [1.165, 1.54) is 7.11 Å². The molecule has 1 fully saturated rings. The van der Waals surface area contributed by atoms with Crippen molar-refractivity contribution in [3.63, 3.8) is 0 Å². The van der Waals surface area contributed by atoms with Gasteiger partial charge in [0, 0.05) is 22.9 Å². The van der Waals surface area contributed by atoms with Crippen molar-refractivity contribution in [1.82, 2.24) is 9.88 Å². The Hall–Kier alpha value is -3.29. The van der Waals surface area contributed by atoms with Gasteiger partial charge in [-0.05, 0) is 50.5 Å². The normalized spacial score (nSPS) is 15.5. The highest BCUT2D eigenvalue weighted by molar-refractivity contribution is 6.06. The Morgan fingerprint density at radius 2 is 1.81 bits per heavy atom. The standard InChI is InChI=1S/C24H28N2O6/c1-14-21(15(2)25-22(14)24(29)30-3)18(27)12-26(17-7-5-4-6-8-17)23(28)16-9-10-19-20(11-16)32-13-31-19/h9-11,17,25H,4-8,12-13H2,1-3H3. The van der Waals surface area contributed by atoms with E-state index in [0.29, 0.717) is 33.9 Å². The molecule has 0 bridgehead atoms. The number of nitrogens with zero attached hydrogens (tertiary/aromatic N) is 1. The minimum Gasteiger partial charge on any atom is -0.464 e. The SMILES string of the molecule is COC(=O)c1[nH]c(C)c(C(=O)CN(C(=O)c2ccc3c(c2)OCO3)C2CCCCC2)c1C. The van der Waals surface area contributed by atoms with E-state index in [4.69, 9.17) is 14.2 Å². The summed E-state index contributed by atoms with van der Waals surface area (Å²) in [5, 5.41) is 0. The lowest BCUT2D eigenvalue weighted by Gasteiger charge is -2.34. The second-order valence-corrected chi connectivity index (χ2v) is 8.33. The van der Waals surface area contributed by atoms with E-state index in [0.717, 1.165) is 32.1 Å². The average Bonchev–Trinajstić information content (AvgIpc) is 3.40. The summed E-state index contributed by atoms with van der Waals surface area (Å²) in [4.78, 5) is 43.6. The van der Waals surface area contributed by atoms with E-state index in [-0.39, 0.29) is 36.8 Å². The average molecular weight is 440 g/mol. The number of carbonyl (C=O) groups excluding carboxylic acids is 3. The maximum atomic E-state index is 13.5. The van der Waals surface area contributed by atoms with Crippen LogP contribution in [0.3, 0.4) is 0 Å². The van der Waals surface area contributed by atoms with Crippen molar-refractivity contribution < 1.29 is 28.6 Å². The van der Waals surface area contributed by atoms with Crippen LogP contribution in [-0.4, -0.2) is 54.0 Å². The summed E-state index contributed by atoms with van der Waals surface area (Å²) in [6, 6.07) is 5.09. The number of ketones is 1. The highest BCUT2D eigenvalue weighted by Crippen LogP contribution is 2.34. The zero-order valence-corrected chi connectivity index (χ0v) is 18.7. The lowest BCUT2D eigenvalue weighted by atomic mass is 9.93. The van der Waals surface area contributed by atoms with Gasteiger partial charge in [0.15, 0.2) is 17.3 Å². The lowest BCUT2D eigenvalue weighted by Crippen LogP contribution is -2.44. The lowest BCUT2D eigenvalue weighted by molar-refractivity contribution is 0.0588. The smallest absolute Gasteiger partial charge is 0.354 e. The van der Waals surface area contributed by atoms with Crippen LogP contribution < -0.4 is 9.47 Å². The molecular weight excluding hydrogens is 412 g/mol. The molecule has 0 saturated heterocycles. The number of aromatic amines is 1. The summed E-state index contributed by atoms with van der Waals surface area (Å²) in [6.45, 7) is 3.54. The molecule has 4 rings (SSSR count). The molecule has 0 unspecified atom stereocenters. The molecule has 170 valence electrons. The van der Waals surface area contributed by atoms with E-state index < -0.39 is 5.97 Å². The highest BCUT2D eigenvalue weighted by Gasteiger charge is 2.31. The Bertz CT molecular complexity index is 1050. The van der Waals surface area contributed by atoms with Gasteiger partial charge in [0.25, 0.3) is 5.91 Å². The molecule has 2 aliphatic rings. The molecule has 2 heterocycles. The number of fused-ring (bicyclic) bond motifs is 1. The minimum absolute atomic E-state index is 0.00902. The number of esters is 1. The molecule has 0 radical (unpaired) electrons. The Morgan fingerprint density at radius 3 is 2.53 bits per heavy atom. The molecule has 0 atom stereocenters. The van der Waals surface area contributed by atoms with Crippen molar-refractivity contribution in [2.75, 3.05) is 20.4 Å². The molecule has 1 aromatic heterocycles. The number of rotatable bonds is 6. The van der Waals surface area contributed by atoms with Gasteiger partial charge in [-0.15, -0.1) is 0 Å². The van der Waals surface area contributed by atoms with Gasteiger partial charge in [0.2, 0.25) is 6.79 Å². The fraction of sp³-hybridized carbons (Fsp3) is 0.458. The molecule has 32 heavy (non-hydrogen) atoms. The van der Waals surface area contributed by atoms with E-state index >= 15 is 0 Å². The Balaban J connectivity index is 1.63. The third-order valence-electron chi connectivity index (χ3n) is 6.32. The molecule has 1 amide bonds. The topological polar surface area (TPSA) is 97.9 Å². The predicted molar refractivity (Wildman–Crippen MR) is 116 cm³/mol. The van der Waals surface area contributed by atoms with Gasteiger partial charge in [-0.3, -0.25) is 9.59 Å². The minimum atomic E-state index is -0.523. The number of hydrogen-bond acceptors (Lipinski definition) is 6. The van der Waals surface area contributed by atoms with Crippen LogP contribution in [0.1, 0.15) is 74.6 Å². The van der Waals surface area contributed by atoms with Crippen LogP contribution in [0.4, 0.5) is 0 Å². The largest absolute Gasteiger partial charge is 0.464 e. The number of aromatic nitrogens is 1. The molecular formula is C24H28N2O6. The third kappa shape index (κ3) is 4.09. The van der Waals surface area contributed by atoms with Gasteiger partial charge in [-0.2, -0.15) is 0 Å². The maximum absolute atomic E-state index is 13.5. The van der Waals surface area contributed by atoms with Crippen molar-refractivity contribution in [3.8, 4) is 11.5 Å². The number of ether oxygens (including phenoxy) is 3. The first-order chi connectivity index (χ1) is 15.4. The molecule has 2 aromatic rings. The van der Waals surface area contributed by atoms with Gasteiger partial charge in [-0.25, -0.2) is 4.79 Å². The molecule has 1 aromatic carbocycles. The quantitative estimate of drug-likeness (QED) is 0.542. The molecule has 0 spiro atoms. The zero-order valence-electron chi connectivity index (χ0n) is 18.7. The van der Waals surface area contributed by atoms with E-state index in [2.05, 4.69) is 4.98 Å². The summed E-state index contributed by atoms with van der Waals surface area (Å²) in [7, 11) is 1.30. The van der Waals surface area contributed by atoms with Crippen molar-refractivity contribution in [2.45, 2.75) is 52.0 Å². The monoisotopic (exact) mass is 440 g/mol. The number of hydrogen-bond donors (Lipinski definition) is 1. The van der Waals surface area contributed by atoms with Gasteiger partial charge in [0.1, 0.15) is 5.69 Å². The van der Waals surface area contributed by atoms with Gasteiger partial charge in [0.05, 0.1) is 13.7 Å². The molecule has 8 heteroatoms. The summed E-state index contributed by atoms with van der Waals surface area (Å²) in [5.41, 5.74) is 2.29. The number of methoxy groups -OCH3 is 1. The van der Waals surface area contributed by atoms with Crippen molar-refractivity contribution in [1.29, 1.82) is 0 Å². The van der Waals surface area contributed by atoms with Crippen LogP contribution in [0.5, 0.6) is 11.5 Å². The van der Waals surface area contributed by atoms with Crippen LogP contribution in [0.2, 0.25) is 0 Å². The first-order valence-electron chi connectivity index (χ1n) is 10.9. The number of amides is 1. The predicted octanol–water partition coefficient (Wildman–Crippen LogP) is 3.80. The summed E-state index contributed by atoms with van der Waals surface area (Å²) in [5.74, 6) is 0.209. The van der Waals surface area contributed by atoms with Crippen LogP contribution >= 0.6 is 0 Å². The molecule has 1 aliphatic carbocycles. The number of benzene rings is 1. The molecule has 1 saturated carbocycles. The van der Waals surface area contributed by atoms with Gasteiger partial charge < -0.3 is 24.1 Å².